The number of allylic oxidation sites excluding steroid dienone is 2. The van der Waals surface area contributed by atoms with Gasteiger partial charge >= 0.3 is 0 Å². The molecule has 11 rings (SSSR count). The van der Waals surface area contributed by atoms with Gasteiger partial charge in [-0.05, 0) is 28.7 Å². The average molecular weight is 613 g/mol. The molecule has 0 radical (unpaired) electrons. The van der Waals surface area contributed by atoms with Gasteiger partial charge in [-0.3, -0.25) is 4.57 Å². The summed E-state index contributed by atoms with van der Waals surface area (Å²) in [5, 5.41) is 5.04. The summed E-state index contributed by atoms with van der Waals surface area (Å²) in [5.74, 6) is 1.83. The molecule has 224 valence electrons. The molecule has 0 saturated heterocycles. The summed E-state index contributed by atoms with van der Waals surface area (Å²) >= 11 is 0. The molecule has 2 aliphatic heterocycles. The Morgan fingerprint density at radius 2 is 1.29 bits per heavy atom. The van der Waals surface area contributed by atoms with E-state index in [-0.39, 0.29) is 12.0 Å². The molecule has 0 N–H and O–H groups in total. The van der Waals surface area contributed by atoms with Gasteiger partial charge in [0, 0.05) is 50.5 Å². The SMILES string of the molecule is C1=CC2c3c(c4c5ccccc5n(-c5cc(-c6ccccc6)nc(-c6ccccc6)n5)c4c4ccccc34)N3c4ccccc4C(=C1)C23. The number of aromatic nitrogens is 3. The normalized spacial score (nSPS) is 17.2. The van der Waals surface area contributed by atoms with Gasteiger partial charge in [0.15, 0.2) is 5.82 Å². The van der Waals surface area contributed by atoms with E-state index in [4.69, 9.17) is 9.97 Å². The third-order valence-electron chi connectivity index (χ3n) is 10.5. The molecule has 2 unspecified atom stereocenters. The highest BCUT2D eigenvalue weighted by molar-refractivity contribution is 6.27. The quantitative estimate of drug-likeness (QED) is 0.199. The average Bonchev–Trinajstić information content (AvgIpc) is 3.81. The van der Waals surface area contributed by atoms with Crippen LogP contribution in [0.15, 0.2) is 158 Å². The number of hydrogen-bond donors (Lipinski definition) is 0. The summed E-state index contributed by atoms with van der Waals surface area (Å²) in [6.45, 7) is 0. The highest BCUT2D eigenvalue weighted by atomic mass is 15.2. The first-order chi connectivity index (χ1) is 23.8. The molecule has 3 aliphatic rings. The lowest BCUT2D eigenvalue weighted by Crippen LogP contribution is -2.26. The van der Waals surface area contributed by atoms with Gasteiger partial charge in [0.05, 0.1) is 28.5 Å². The van der Waals surface area contributed by atoms with E-state index < -0.39 is 0 Å². The van der Waals surface area contributed by atoms with Crippen LogP contribution in [0.4, 0.5) is 11.4 Å². The number of para-hydroxylation sites is 2. The Bertz CT molecular complexity index is 2630. The third kappa shape index (κ3) is 3.38. The number of fused-ring (bicyclic) bond motifs is 13. The zero-order chi connectivity index (χ0) is 31.3. The van der Waals surface area contributed by atoms with Crippen molar-refractivity contribution < 1.29 is 0 Å². The molecule has 4 heterocycles. The van der Waals surface area contributed by atoms with Crippen LogP contribution >= 0.6 is 0 Å². The summed E-state index contributed by atoms with van der Waals surface area (Å²) in [4.78, 5) is 13.1. The minimum absolute atomic E-state index is 0.243. The minimum atomic E-state index is 0.243. The molecule has 0 fully saturated rings. The van der Waals surface area contributed by atoms with Gasteiger partial charge in [-0.25, -0.2) is 9.97 Å². The Morgan fingerprint density at radius 1 is 0.604 bits per heavy atom. The molecule has 0 spiro atoms. The molecule has 2 atom stereocenters. The van der Waals surface area contributed by atoms with Crippen LogP contribution in [0.25, 0.3) is 66.6 Å². The number of nitrogens with zero attached hydrogens (tertiary/aromatic N) is 4. The first-order valence-corrected chi connectivity index (χ1v) is 16.6. The van der Waals surface area contributed by atoms with E-state index in [9.17, 15) is 0 Å². The van der Waals surface area contributed by atoms with Crippen molar-refractivity contribution in [1.82, 2.24) is 14.5 Å². The Kier molecular flexibility index (Phi) is 5.19. The first-order valence-electron chi connectivity index (χ1n) is 16.6. The van der Waals surface area contributed by atoms with Crippen molar-refractivity contribution in [2.75, 3.05) is 4.90 Å². The standard InChI is InChI=1S/C44H28N4/c1-3-14-27(15-4-1)35-26-38(46-44(45-35)28-16-5-2-6-17-28)47-37-25-12-10-21-33(37)40-42(47)32-20-8-7-19-30(32)39-34-23-13-22-31-29-18-9-11-24-36(29)48(41(31)34)43(39)40/h1-26,34,41H. The number of hydrogen-bond acceptors (Lipinski definition) is 3. The molecule has 4 heteroatoms. The molecule has 48 heavy (non-hydrogen) atoms. The molecule has 1 aliphatic carbocycles. The zero-order valence-electron chi connectivity index (χ0n) is 26.0. The predicted octanol–water partition coefficient (Wildman–Crippen LogP) is 10.6. The van der Waals surface area contributed by atoms with Crippen molar-refractivity contribution in [3.05, 3.63) is 169 Å². The molecule has 6 aromatic carbocycles. The molecular formula is C44H28N4. The second-order valence-electron chi connectivity index (χ2n) is 12.9. The number of benzene rings is 6. The van der Waals surface area contributed by atoms with Crippen LogP contribution in [0.5, 0.6) is 0 Å². The van der Waals surface area contributed by atoms with Gasteiger partial charge in [-0.1, -0.05) is 140 Å². The topological polar surface area (TPSA) is 34.0 Å². The molecule has 0 saturated carbocycles. The van der Waals surface area contributed by atoms with Crippen LogP contribution in [-0.2, 0) is 0 Å². The van der Waals surface area contributed by atoms with E-state index in [1.165, 1.54) is 55.1 Å². The largest absolute Gasteiger partial charge is 0.332 e. The maximum atomic E-state index is 5.35. The van der Waals surface area contributed by atoms with Crippen LogP contribution in [-0.4, -0.2) is 20.6 Å². The second-order valence-corrected chi connectivity index (χ2v) is 12.9. The fourth-order valence-corrected chi connectivity index (χ4v) is 8.59. The monoisotopic (exact) mass is 612 g/mol. The van der Waals surface area contributed by atoms with Gasteiger partial charge in [-0.15, -0.1) is 0 Å². The van der Waals surface area contributed by atoms with Crippen molar-refractivity contribution in [2.24, 2.45) is 0 Å². The van der Waals surface area contributed by atoms with Crippen molar-refractivity contribution in [2.45, 2.75) is 12.0 Å². The van der Waals surface area contributed by atoms with Gasteiger partial charge in [0.25, 0.3) is 0 Å². The van der Waals surface area contributed by atoms with E-state index in [1.807, 2.05) is 12.1 Å². The van der Waals surface area contributed by atoms with Crippen LogP contribution in [0, 0.1) is 0 Å². The summed E-state index contributed by atoms with van der Waals surface area (Å²) < 4.78 is 2.39. The lowest BCUT2D eigenvalue weighted by atomic mass is 9.82. The van der Waals surface area contributed by atoms with E-state index in [2.05, 4.69) is 155 Å². The highest BCUT2D eigenvalue weighted by Gasteiger charge is 2.49. The van der Waals surface area contributed by atoms with E-state index >= 15 is 0 Å². The lowest BCUT2D eigenvalue weighted by Gasteiger charge is -2.24. The highest BCUT2D eigenvalue weighted by Crippen LogP contribution is 2.62. The maximum Gasteiger partial charge on any atom is 0.162 e. The third-order valence-corrected chi connectivity index (χ3v) is 10.5. The van der Waals surface area contributed by atoms with Gasteiger partial charge < -0.3 is 4.90 Å². The Labute approximate surface area is 277 Å². The molecule has 0 amide bonds. The van der Waals surface area contributed by atoms with Crippen molar-refractivity contribution >= 4 is 49.5 Å². The van der Waals surface area contributed by atoms with Gasteiger partial charge in [-0.2, -0.15) is 0 Å². The smallest absolute Gasteiger partial charge is 0.162 e. The van der Waals surface area contributed by atoms with Crippen LogP contribution in [0.3, 0.4) is 0 Å². The van der Waals surface area contributed by atoms with Crippen LogP contribution in [0.2, 0.25) is 0 Å². The van der Waals surface area contributed by atoms with E-state index in [0.717, 1.165) is 28.2 Å². The van der Waals surface area contributed by atoms with E-state index in [1.54, 1.807) is 0 Å². The fourth-order valence-electron chi connectivity index (χ4n) is 8.59. The molecule has 2 aromatic heterocycles. The van der Waals surface area contributed by atoms with Crippen LogP contribution < -0.4 is 4.90 Å². The van der Waals surface area contributed by atoms with Crippen molar-refractivity contribution in [3.63, 3.8) is 0 Å². The fraction of sp³-hybridized carbons (Fsp3) is 0.0455. The van der Waals surface area contributed by atoms with Gasteiger partial charge in [0.2, 0.25) is 0 Å². The Hall–Kier alpha value is -6.26. The van der Waals surface area contributed by atoms with Crippen molar-refractivity contribution in [3.8, 4) is 28.5 Å². The number of rotatable bonds is 3. The molecule has 4 nitrogen and oxygen atoms in total. The summed E-state index contributed by atoms with van der Waals surface area (Å²) in [6.07, 6.45) is 7.01. The zero-order valence-corrected chi connectivity index (χ0v) is 26.0. The summed E-state index contributed by atoms with van der Waals surface area (Å²) in [6, 6.07) is 49.9. The Morgan fingerprint density at radius 3 is 2.12 bits per heavy atom. The maximum absolute atomic E-state index is 5.35. The van der Waals surface area contributed by atoms with Crippen LogP contribution in [0.1, 0.15) is 17.0 Å². The first kappa shape index (κ1) is 25.9. The Balaban J connectivity index is 1.31. The lowest BCUT2D eigenvalue weighted by molar-refractivity contribution is 0.785. The minimum Gasteiger partial charge on any atom is -0.332 e. The van der Waals surface area contributed by atoms with Gasteiger partial charge in [0.1, 0.15) is 5.82 Å². The molecular weight excluding hydrogens is 585 g/mol. The van der Waals surface area contributed by atoms with E-state index in [0.29, 0.717) is 5.82 Å². The predicted molar refractivity (Wildman–Crippen MR) is 197 cm³/mol. The molecule has 8 aromatic rings. The van der Waals surface area contributed by atoms with Crippen molar-refractivity contribution in [1.29, 1.82) is 0 Å². The summed E-state index contributed by atoms with van der Waals surface area (Å²) in [7, 11) is 0. The summed E-state index contributed by atoms with van der Waals surface area (Å²) in [5.41, 5.74) is 12.0. The second kappa shape index (κ2) is 9.63. The molecule has 0 bridgehead atoms. The number of anilines is 2.